The quantitative estimate of drug-likeness (QED) is 0.809. The predicted octanol–water partition coefficient (Wildman–Crippen LogP) is 1.63. The number of likely N-dealkylation sites (tertiary alicyclic amines) is 1. The van der Waals surface area contributed by atoms with Crippen molar-refractivity contribution in [1.82, 2.24) is 10.2 Å². The maximum atomic E-state index is 5.93. The summed E-state index contributed by atoms with van der Waals surface area (Å²) in [5.41, 5.74) is 0. The highest BCUT2D eigenvalue weighted by molar-refractivity contribution is 4.96. The molecule has 3 nitrogen and oxygen atoms in total. The number of ether oxygens (including phenoxy) is 1. The fourth-order valence-corrected chi connectivity index (χ4v) is 3.85. The second kappa shape index (κ2) is 4.87. The van der Waals surface area contributed by atoms with Gasteiger partial charge in [-0.1, -0.05) is 13.8 Å². The first-order valence-electron chi connectivity index (χ1n) is 7.40. The van der Waals surface area contributed by atoms with Crippen molar-refractivity contribution >= 4 is 0 Å². The molecule has 5 atom stereocenters. The summed E-state index contributed by atoms with van der Waals surface area (Å²) in [5.74, 6) is 0.780. The third-order valence-corrected chi connectivity index (χ3v) is 4.97. The highest BCUT2D eigenvalue weighted by atomic mass is 16.5. The van der Waals surface area contributed by atoms with Crippen molar-refractivity contribution in [3.05, 3.63) is 0 Å². The van der Waals surface area contributed by atoms with Crippen LogP contribution in [0.3, 0.4) is 0 Å². The van der Waals surface area contributed by atoms with Crippen LogP contribution < -0.4 is 5.32 Å². The Labute approximate surface area is 105 Å². The van der Waals surface area contributed by atoms with Gasteiger partial charge < -0.3 is 15.0 Å². The van der Waals surface area contributed by atoms with E-state index in [4.69, 9.17) is 4.74 Å². The number of piperidine rings is 1. The van der Waals surface area contributed by atoms with Gasteiger partial charge in [0.25, 0.3) is 0 Å². The SMILES string of the molecule is CCN1CC[C@H](N[C@H]2C[C@H]3CC[C@H]2O3)[C@@H](C)C1. The summed E-state index contributed by atoms with van der Waals surface area (Å²) >= 11 is 0. The molecule has 0 aromatic carbocycles. The monoisotopic (exact) mass is 238 g/mol. The van der Waals surface area contributed by atoms with Crippen molar-refractivity contribution in [2.24, 2.45) is 5.92 Å². The van der Waals surface area contributed by atoms with Crippen LogP contribution in [0.4, 0.5) is 0 Å². The molecule has 3 heterocycles. The van der Waals surface area contributed by atoms with Gasteiger partial charge in [-0.2, -0.15) is 0 Å². The Morgan fingerprint density at radius 3 is 2.71 bits per heavy atom. The fourth-order valence-electron chi connectivity index (χ4n) is 3.85. The smallest absolute Gasteiger partial charge is 0.0733 e. The minimum atomic E-state index is 0.524. The third-order valence-electron chi connectivity index (χ3n) is 4.97. The van der Waals surface area contributed by atoms with E-state index in [1.54, 1.807) is 0 Å². The van der Waals surface area contributed by atoms with E-state index in [1.165, 1.54) is 45.3 Å². The van der Waals surface area contributed by atoms with Crippen LogP contribution in [0.5, 0.6) is 0 Å². The minimum absolute atomic E-state index is 0.524. The minimum Gasteiger partial charge on any atom is -0.373 e. The number of hydrogen-bond donors (Lipinski definition) is 1. The van der Waals surface area contributed by atoms with Crippen LogP contribution in [-0.4, -0.2) is 48.8 Å². The largest absolute Gasteiger partial charge is 0.373 e. The lowest BCUT2D eigenvalue weighted by Crippen LogP contribution is -2.53. The Morgan fingerprint density at radius 2 is 2.12 bits per heavy atom. The summed E-state index contributed by atoms with van der Waals surface area (Å²) < 4.78 is 5.93. The molecule has 3 fully saturated rings. The second-order valence-corrected chi connectivity index (χ2v) is 6.15. The van der Waals surface area contributed by atoms with Crippen molar-refractivity contribution in [2.45, 2.75) is 63.8 Å². The van der Waals surface area contributed by atoms with Gasteiger partial charge in [-0.25, -0.2) is 0 Å². The zero-order valence-corrected chi connectivity index (χ0v) is 11.2. The van der Waals surface area contributed by atoms with E-state index in [0.717, 1.165) is 5.92 Å². The van der Waals surface area contributed by atoms with Crippen molar-refractivity contribution in [2.75, 3.05) is 19.6 Å². The normalized spacial score (nSPS) is 46.6. The average Bonchev–Trinajstić information content (AvgIpc) is 2.93. The standard InChI is InChI=1S/C14H26N2O/c1-3-16-7-6-12(10(2)9-16)15-13-8-11-4-5-14(13)17-11/h10-15H,3-9H2,1-2H3/t10-,11+,12-,13-,14+/m0/s1. The van der Waals surface area contributed by atoms with Gasteiger partial charge in [0.1, 0.15) is 0 Å². The van der Waals surface area contributed by atoms with Gasteiger partial charge in [0, 0.05) is 18.6 Å². The Balaban J connectivity index is 1.52. The lowest BCUT2D eigenvalue weighted by atomic mass is 9.89. The molecule has 0 amide bonds. The summed E-state index contributed by atoms with van der Waals surface area (Å²) in [6.07, 6.45) is 6.24. The van der Waals surface area contributed by atoms with E-state index in [0.29, 0.717) is 24.3 Å². The molecule has 98 valence electrons. The zero-order valence-electron chi connectivity index (χ0n) is 11.2. The number of hydrogen-bond acceptors (Lipinski definition) is 3. The van der Waals surface area contributed by atoms with Crippen molar-refractivity contribution in [3.8, 4) is 0 Å². The Morgan fingerprint density at radius 1 is 1.24 bits per heavy atom. The Bertz CT molecular complexity index is 271. The molecular weight excluding hydrogens is 212 g/mol. The number of fused-ring (bicyclic) bond motifs is 2. The van der Waals surface area contributed by atoms with Gasteiger partial charge in [0.2, 0.25) is 0 Å². The molecule has 3 rings (SSSR count). The van der Waals surface area contributed by atoms with E-state index >= 15 is 0 Å². The maximum absolute atomic E-state index is 5.93. The first-order chi connectivity index (χ1) is 8.26. The molecule has 0 saturated carbocycles. The van der Waals surface area contributed by atoms with E-state index in [1.807, 2.05) is 0 Å². The first-order valence-corrected chi connectivity index (χ1v) is 7.40. The molecule has 3 aliphatic heterocycles. The van der Waals surface area contributed by atoms with Gasteiger partial charge in [0.05, 0.1) is 12.2 Å². The molecule has 2 bridgehead atoms. The molecule has 0 aromatic rings. The van der Waals surface area contributed by atoms with E-state index < -0.39 is 0 Å². The van der Waals surface area contributed by atoms with Gasteiger partial charge in [-0.15, -0.1) is 0 Å². The van der Waals surface area contributed by atoms with Crippen molar-refractivity contribution < 1.29 is 4.74 Å². The fraction of sp³-hybridized carbons (Fsp3) is 1.00. The Hall–Kier alpha value is -0.120. The molecule has 0 aromatic heterocycles. The van der Waals surface area contributed by atoms with Crippen LogP contribution in [0, 0.1) is 5.92 Å². The summed E-state index contributed by atoms with van der Waals surface area (Å²) in [7, 11) is 0. The predicted molar refractivity (Wildman–Crippen MR) is 69.1 cm³/mol. The lowest BCUT2D eigenvalue weighted by Gasteiger charge is -2.39. The topological polar surface area (TPSA) is 24.5 Å². The first kappa shape index (κ1) is 11.9. The Kier molecular flexibility index (Phi) is 3.42. The lowest BCUT2D eigenvalue weighted by molar-refractivity contribution is 0.0888. The molecule has 1 N–H and O–H groups in total. The van der Waals surface area contributed by atoms with Gasteiger partial charge in [-0.05, 0) is 44.7 Å². The summed E-state index contributed by atoms with van der Waals surface area (Å²) in [5, 5.41) is 3.89. The van der Waals surface area contributed by atoms with Gasteiger partial charge >= 0.3 is 0 Å². The van der Waals surface area contributed by atoms with Crippen molar-refractivity contribution in [1.29, 1.82) is 0 Å². The second-order valence-electron chi connectivity index (χ2n) is 6.15. The molecular formula is C14H26N2O. The van der Waals surface area contributed by atoms with Crippen LogP contribution in [0.2, 0.25) is 0 Å². The molecule has 3 aliphatic rings. The molecule has 3 heteroatoms. The van der Waals surface area contributed by atoms with Crippen LogP contribution in [0.25, 0.3) is 0 Å². The van der Waals surface area contributed by atoms with Crippen molar-refractivity contribution in [3.63, 3.8) is 0 Å². The summed E-state index contributed by atoms with van der Waals surface area (Å²) in [4.78, 5) is 2.57. The third kappa shape index (κ3) is 2.38. The van der Waals surface area contributed by atoms with E-state index in [-0.39, 0.29) is 0 Å². The molecule has 0 spiro atoms. The summed E-state index contributed by atoms with van der Waals surface area (Å²) in [6.45, 7) is 8.39. The molecule has 17 heavy (non-hydrogen) atoms. The molecule has 0 radical (unpaired) electrons. The van der Waals surface area contributed by atoms with Crippen LogP contribution in [0.1, 0.15) is 39.5 Å². The number of rotatable bonds is 3. The molecule has 0 unspecified atom stereocenters. The highest BCUT2D eigenvalue weighted by Crippen LogP contribution is 2.35. The van der Waals surface area contributed by atoms with Crippen LogP contribution >= 0.6 is 0 Å². The van der Waals surface area contributed by atoms with Gasteiger partial charge in [-0.3, -0.25) is 0 Å². The number of nitrogens with zero attached hydrogens (tertiary/aromatic N) is 1. The highest BCUT2D eigenvalue weighted by Gasteiger charge is 2.42. The summed E-state index contributed by atoms with van der Waals surface area (Å²) in [6, 6.07) is 1.36. The average molecular weight is 238 g/mol. The zero-order chi connectivity index (χ0) is 11.8. The van der Waals surface area contributed by atoms with Crippen LogP contribution in [-0.2, 0) is 4.74 Å². The molecule has 0 aliphatic carbocycles. The maximum Gasteiger partial charge on any atom is 0.0733 e. The van der Waals surface area contributed by atoms with Crippen LogP contribution in [0.15, 0.2) is 0 Å². The molecule has 3 saturated heterocycles. The van der Waals surface area contributed by atoms with E-state index in [9.17, 15) is 0 Å². The van der Waals surface area contributed by atoms with Gasteiger partial charge in [0.15, 0.2) is 0 Å². The number of nitrogens with one attached hydrogen (secondary N) is 1. The van der Waals surface area contributed by atoms with E-state index in [2.05, 4.69) is 24.1 Å².